The highest BCUT2D eigenvalue weighted by Gasteiger charge is 2.12. The fraction of sp³-hybridized carbons (Fsp3) is 0.462. The summed E-state index contributed by atoms with van der Waals surface area (Å²) in [7, 11) is 0. The van der Waals surface area contributed by atoms with Gasteiger partial charge in [0.25, 0.3) is 0 Å². The third kappa shape index (κ3) is 3.75. The van der Waals surface area contributed by atoms with Crippen molar-refractivity contribution in [2.75, 3.05) is 18.0 Å². The molecule has 1 atom stereocenters. The van der Waals surface area contributed by atoms with Crippen LogP contribution in [0.2, 0.25) is 0 Å². The molecule has 1 rings (SSSR count). The van der Waals surface area contributed by atoms with Crippen LogP contribution in [0.3, 0.4) is 0 Å². The van der Waals surface area contributed by atoms with Crippen LogP contribution in [0.25, 0.3) is 0 Å². The third-order valence-electron chi connectivity index (χ3n) is 2.91. The van der Waals surface area contributed by atoms with Gasteiger partial charge in [0.15, 0.2) is 0 Å². The topological polar surface area (TPSA) is 72.3 Å². The molecular weight excluding hydrogens is 214 g/mol. The second-order valence-corrected chi connectivity index (χ2v) is 4.16. The molecule has 17 heavy (non-hydrogen) atoms. The Hall–Kier alpha value is -1.55. The summed E-state index contributed by atoms with van der Waals surface area (Å²) in [6.07, 6.45) is 0.581. The Bertz CT molecular complexity index is 379. The molecule has 0 saturated heterocycles. The van der Waals surface area contributed by atoms with E-state index in [4.69, 9.17) is 11.5 Å². The van der Waals surface area contributed by atoms with Gasteiger partial charge in [-0.1, -0.05) is 18.2 Å². The smallest absolute Gasteiger partial charge is 0.234 e. The van der Waals surface area contributed by atoms with E-state index in [9.17, 15) is 4.79 Å². The molecule has 0 saturated carbocycles. The first-order valence-corrected chi connectivity index (χ1v) is 5.91. The number of amides is 1. The standard InChI is InChI=1S/C13H21N3O/c1-3-16(9-8-11(14)13(15)17)12-7-5-4-6-10(12)2/h4-7,11H,3,8-9,14H2,1-2H3,(H2,15,17). The van der Waals surface area contributed by atoms with Gasteiger partial charge in [0, 0.05) is 18.8 Å². The van der Waals surface area contributed by atoms with Gasteiger partial charge in [-0.15, -0.1) is 0 Å². The zero-order valence-electron chi connectivity index (χ0n) is 10.5. The van der Waals surface area contributed by atoms with Gasteiger partial charge in [0.05, 0.1) is 6.04 Å². The van der Waals surface area contributed by atoms with Crippen LogP contribution in [0.5, 0.6) is 0 Å². The van der Waals surface area contributed by atoms with E-state index < -0.39 is 11.9 Å². The zero-order chi connectivity index (χ0) is 12.8. The minimum atomic E-state index is -0.562. The van der Waals surface area contributed by atoms with Crippen LogP contribution in [0.4, 0.5) is 5.69 Å². The number of rotatable bonds is 6. The van der Waals surface area contributed by atoms with Crippen LogP contribution >= 0.6 is 0 Å². The molecule has 0 aromatic heterocycles. The number of primary amides is 1. The summed E-state index contributed by atoms with van der Waals surface area (Å²) in [5.41, 5.74) is 13.2. The second-order valence-electron chi connectivity index (χ2n) is 4.16. The quantitative estimate of drug-likeness (QED) is 0.773. The molecule has 4 nitrogen and oxygen atoms in total. The van der Waals surface area contributed by atoms with Gasteiger partial charge in [0.2, 0.25) is 5.91 Å². The van der Waals surface area contributed by atoms with Crippen LogP contribution in [0.1, 0.15) is 18.9 Å². The van der Waals surface area contributed by atoms with E-state index in [-0.39, 0.29) is 0 Å². The summed E-state index contributed by atoms with van der Waals surface area (Å²) < 4.78 is 0. The number of carbonyl (C=O) groups excluding carboxylic acids is 1. The van der Waals surface area contributed by atoms with Gasteiger partial charge in [-0.25, -0.2) is 0 Å². The fourth-order valence-corrected chi connectivity index (χ4v) is 1.80. The average Bonchev–Trinajstić information content (AvgIpc) is 2.31. The summed E-state index contributed by atoms with van der Waals surface area (Å²) in [4.78, 5) is 13.1. The van der Waals surface area contributed by atoms with E-state index in [0.29, 0.717) is 6.42 Å². The van der Waals surface area contributed by atoms with Crippen LogP contribution < -0.4 is 16.4 Å². The molecule has 4 N–H and O–H groups in total. The zero-order valence-corrected chi connectivity index (χ0v) is 10.5. The number of carbonyl (C=O) groups is 1. The summed E-state index contributed by atoms with van der Waals surface area (Å²) in [6.45, 7) is 5.79. The lowest BCUT2D eigenvalue weighted by atomic mass is 10.1. The molecule has 0 aliphatic carbocycles. The van der Waals surface area contributed by atoms with Crippen molar-refractivity contribution in [2.24, 2.45) is 11.5 Å². The second kappa shape index (κ2) is 6.25. The van der Waals surface area contributed by atoms with Crippen molar-refractivity contribution in [1.82, 2.24) is 0 Å². The summed E-state index contributed by atoms with van der Waals surface area (Å²) in [5, 5.41) is 0. The van der Waals surface area contributed by atoms with Crippen molar-refractivity contribution in [3.05, 3.63) is 29.8 Å². The monoisotopic (exact) mass is 235 g/mol. The number of benzene rings is 1. The predicted molar refractivity (Wildman–Crippen MR) is 70.9 cm³/mol. The van der Waals surface area contributed by atoms with Gasteiger partial charge in [0.1, 0.15) is 0 Å². The Morgan fingerprint density at radius 3 is 2.59 bits per heavy atom. The normalized spacial score (nSPS) is 12.2. The molecule has 0 aliphatic heterocycles. The average molecular weight is 235 g/mol. The maximum atomic E-state index is 10.9. The number of nitrogens with two attached hydrogens (primary N) is 2. The molecule has 1 aromatic carbocycles. The molecule has 1 unspecified atom stereocenters. The maximum Gasteiger partial charge on any atom is 0.234 e. The Morgan fingerprint density at radius 2 is 2.06 bits per heavy atom. The molecular formula is C13H21N3O. The van der Waals surface area contributed by atoms with E-state index in [1.165, 1.54) is 11.3 Å². The van der Waals surface area contributed by atoms with Gasteiger partial charge in [-0.05, 0) is 31.9 Å². The SMILES string of the molecule is CCN(CCC(N)C(N)=O)c1ccccc1C. The molecule has 1 amide bonds. The summed E-state index contributed by atoms with van der Waals surface area (Å²) in [5.74, 6) is -0.439. The van der Waals surface area contributed by atoms with Crippen molar-refractivity contribution in [1.29, 1.82) is 0 Å². The Morgan fingerprint density at radius 1 is 1.41 bits per heavy atom. The predicted octanol–water partition coefficient (Wildman–Crippen LogP) is 1.02. The van der Waals surface area contributed by atoms with Crippen molar-refractivity contribution in [3.63, 3.8) is 0 Å². The number of hydrogen-bond donors (Lipinski definition) is 2. The lowest BCUT2D eigenvalue weighted by Gasteiger charge is -2.25. The lowest BCUT2D eigenvalue weighted by molar-refractivity contribution is -0.119. The molecule has 0 fully saturated rings. The number of anilines is 1. The Kier molecular flexibility index (Phi) is 4.97. The largest absolute Gasteiger partial charge is 0.372 e. The van der Waals surface area contributed by atoms with Crippen LogP contribution in [0.15, 0.2) is 24.3 Å². The van der Waals surface area contributed by atoms with Gasteiger partial charge < -0.3 is 16.4 Å². The van der Waals surface area contributed by atoms with E-state index >= 15 is 0 Å². The van der Waals surface area contributed by atoms with Crippen molar-refractivity contribution in [2.45, 2.75) is 26.3 Å². The van der Waals surface area contributed by atoms with Crippen molar-refractivity contribution >= 4 is 11.6 Å². The van der Waals surface area contributed by atoms with Crippen molar-refractivity contribution in [3.8, 4) is 0 Å². The number of hydrogen-bond acceptors (Lipinski definition) is 3. The van der Waals surface area contributed by atoms with E-state index in [0.717, 1.165) is 13.1 Å². The van der Waals surface area contributed by atoms with Gasteiger partial charge in [-0.3, -0.25) is 4.79 Å². The maximum absolute atomic E-state index is 10.9. The minimum Gasteiger partial charge on any atom is -0.372 e. The number of para-hydroxylation sites is 1. The van der Waals surface area contributed by atoms with Gasteiger partial charge in [-0.2, -0.15) is 0 Å². The number of nitrogens with zero attached hydrogens (tertiary/aromatic N) is 1. The lowest BCUT2D eigenvalue weighted by Crippen LogP contribution is -2.39. The first kappa shape index (κ1) is 13.5. The van der Waals surface area contributed by atoms with Gasteiger partial charge >= 0.3 is 0 Å². The highest BCUT2D eigenvalue weighted by atomic mass is 16.1. The summed E-state index contributed by atoms with van der Waals surface area (Å²) in [6, 6.07) is 7.62. The van der Waals surface area contributed by atoms with E-state index in [1.54, 1.807) is 0 Å². The first-order valence-electron chi connectivity index (χ1n) is 5.91. The van der Waals surface area contributed by atoms with Crippen LogP contribution in [0, 0.1) is 6.92 Å². The Balaban J connectivity index is 2.67. The Labute approximate surface area is 103 Å². The molecule has 4 heteroatoms. The van der Waals surface area contributed by atoms with Crippen LogP contribution in [-0.4, -0.2) is 25.0 Å². The van der Waals surface area contributed by atoms with E-state index in [1.807, 2.05) is 12.1 Å². The van der Waals surface area contributed by atoms with E-state index in [2.05, 4.69) is 30.9 Å². The molecule has 0 aliphatic rings. The third-order valence-corrected chi connectivity index (χ3v) is 2.91. The highest BCUT2D eigenvalue weighted by molar-refractivity contribution is 5.79. The fourth-order valence-electron chi connectivity index (χ4n) is 1.80. The molecule has 0 radical (unpaired) electrons. The number of aryl methyl sites for hydroxylation is 1. The molecule has 0 heterocycles. The molecule has 1 aromatic rings. The molecule has 0 bridgehead atoms. The van der Waals surface area contributed by atoms with Crippen molar-refractivity contribution < 1.29 is 4.79 Å². The molecule has 94 valence electrons. The minimum absolute atomic E-state index is 0.439. The highest BCUT2D eigenvalue weighted by Crippen LogP contribution is 2.19. The molecule has 0 spiro atoms. The van der Waals surface area contributed by atoms with Crippen LogP contribution in [-0.2, 0) is 4.79 Å². The summed E-state index contributed by atoms with van der Waals surface area (Å²) >= 11 is 0. The first-order chi connectivity index (χ1) is 8.06.